The van der Waals surface area contributed by atoms with Crippen molar-refractivity contribution >= 4 is 0 Å². The topological polar surface area (TPSA) is 55.3 Å². The van der Waals surface area contributed by atoms with Crippen molar-refractivity contribution in [2.45, 2.75) is 25.6 Å². The van der Waals surface area contributed by atoms with Gasteiger partial charge in [0, 0.05) is 24.5 Å². The van der Waals surface area contributed by atoms with Crippen molar-refractivity contribution in [3.8, 4) is 0 Å². The minimum Gasteiger partial charge on any atom is -0.468 e. The summed E-state index contributed by atoms with van der Waals surface area (Å²) in [7, 11) is 2.05. The van der Waals surface area contributed by atoms with E-state index in [-0.39, 0.29) is 12.1 Å². The van der Waals surface area contributed by atoms with Crippen LogP contribution < -0.4 is 5.73 Å². The van der Waals surface area contributed by atoms with E-state index in [9.17, 15) is 0 Å². The quantitative estimate of drug-likeness (QED) is 0.877. The van der Waals surface area contributed by atoms with Crippen molar-refractivity contribution in [3.05, 3.63) is 54.2 Å². The summed E-state index contributed by atoms with van der Waals surface area (Å²) in [5.74, 6) is 0.942. The Morgan fingerprint density at radius 1 is 1.33 bits per heavy atom. The maximum Gasteiger partial charge on any atom is 0.117 e. The van der Waals surface area contributed by atoms with Gasteiger partial charge in [0.1, 0.15) is 5.76 Å². The van der Waals surface area contributed by atoms with Crippen LogP contribution in [0.5, 0.6) is 0 Å². The van der Waals surface area contributed by atoms with Crippen molar-refractivity contribution in [2.24, 2.45) is 5.73 Å². The number of furan rings is 1. The fraction of sp³-hybridized carbons (Fsp3) is 0.357. The summed E-state index contributed by atoms with van der Waals surface area (Å²) in [5.41, 5.74) is 7.28. The third kappa shape index (κ3) is 2.97. The molecule has 2 N–H and O–H groups in total. The van der Waals surface area contributed by atoms with Gasteiger partial charge in [0.2, 0.25) is 0 Å². The summed E-state index contributed by atoms with van der Waals surface area (Å²) in [6, 6.07) is 8.07. The molecular weight excluding hydrogens is 226 g/mol. The Morgan fingerprint density at radius 3 is 2.61 bits per heavy atom. The molecule has 0 saturated heterocycles. The summed E-state index contributed by atoms with van der Waals surface area (Å²) in [6.07, 6.45) is 5.29. The highest BCUT2D eigenvalue weighted by Gasteiger charge is 2.21. The monoisotopic (exact) mass is 245 g/mol. The molecule has 2 aromatic heterocycles. The number of hydrogen-bond donors (Lipinski definition) is 1. The number of hydrogen-bond acceptors (Lipinski definition) is 4. The van der Waals surface area contributed by atoms with Crippen LogP contribution in [0.2, 0.25) is 0 Å². The number of nitrogens with two attached hydrogens (primary N) is 1. The van der Waals surface area contributed by atoms with E-state index in [2.05, 4.69) is 16.9 Å². The first-order valence-electron chi connectivity index (χ1n) is 6.06. The third-order valence-electron chi connectivity index (χ3n) is 3.01. The highest BCUT2D eigenvalue weighted by molar-refractivity contribution is 5.17. The van der Waals surface area contributed by atoms with Crippen molar-refractivity contribution in [3.63, 3.8) is 0 Å². The van der Waals surface area contributed by atoms with Gasteiger partial charge < -0.3 is 10.2 Å². The number of nitrogens with zero attached hydrogens (tertiary/aromatic N) is 2. The Hall–Kier alpha value is -1.65. The SMILES string of the molecule is CC(N)C(c1ccncc1)N(C)Cc1ccco1. The molecule has 4 heteroatoms. The molecule has 0 amide bonds. The van der Waals surface area contributed by atoms with Crippen LogP contribution in [0.1, 0.15) is 24.3 Å². The zero-order chi connectivity index (χ0) is 13.0. The highest BCUT2D eigenvalue weighted by atomic mass is 16.3. The van der Waals surface area contributed by atoms with Gasteiger partial charge in [-0.3, -0.25) is 9.88 Å². The van der Waals surface area contributed by atoms with Crippen LogP contribution in [0.3, 0.4) is 0 Å². The molecule has 0 fully saturated rings. The molecule has 0 aromatic carbocycles. The number of aromatic nitrogens is 1. The molecule has 2 unspecified atom stereocenters. The molecule has 96 valence electrons. The molecule has 0 spiro atoms. The number of pyridine rings is 1. The first-order chi connectivity index (χ1) is 8.68. The average Bonchev–Trinajstić information content (AvgIpc) is 2.83. The predicted molar refractivity (Wildman–Crippen MR) is 70.8 cm³/mol. The lowest BCUT2D eigenvalue weighted by molar-refractivity contribution is 0.196. The molecule has 0 aliphatic rings. The van der Waals surface area contributed by atoms with Crippen molar-refractivity contribution in [1.82, 2.24) is 9.88 Å². The third-order valence-corrected chi connectivity index (χ3v) is 3.01. The van der Waals surface area contributed by atoms with Crippen LogP contribution in [-0.2, 0) is 6.54 Å². The van der Waals surface area contributed by atoms with Gasteiger partial charge in [-0.15, -0.1) is 0 Å². The first kappa shape index (κ1) is 12.8. The normalized spacial score (nSPS) is 14.7. The van der Waals surface area contributed by atoms with E-state index in [0.29, 0.717) is 0 Å². The van der Waals surface area contributed by atoms with E-state index < -0.39 is 0 Å². The number of rotatable bonds is 5. The van der Waals surface area contributed by atoms with Gasteiger partial charge >= 0.3 is 0 Å². The Morgan fingerprint density at radius 2 is 2.06 bits per heavy atom. The zero-order valence-corrected chi connectivity index (χ0v) is 10.8. The molecule has 0 saturated carbocycles. The largest absolute Gasteiger partial charge is 0.468 e. The molecule has 2 aromatic rings. The van der Waals surface area contributed by atoms with Gasteiger partial charge in [-0.1, -0.05) is 0 Å². The smallest absolute Gasteiger partial charge is 0.117 e. The van der Waals surface area contributed by atoms with E-state index in [0.717, 1.165) is 12.3 Å². The molecule has 2 rings (SSSR count). The Bertz CT molecular complexity index is 453. The second kappa shape index (κ2) is 5.80. The summed E-state index contributed by atoms with van der Waals surface area (Å²) < 4.78 is 5.38. The molecule has 0 radical (unpaired) electrons. The second-order valence-corrected chi connectivity index (χ2v) is 4.58. The van der Waals surface area contributed by atoms with Crippen LogP contribution in [-0.4, -0.2) is 23.0 Å². The van der Waals surface area contributed by atoms with Crippen LogP contribution in [0.4, 0.5) is 0 Å². The summed E-state index contributed by atoms with van der Waals surface area (Å²) in [6.45, 7) is 2.76. The molecule has 0 bridgehead atoms. The van der Waals surface area contributed by atoms with Gasteiger partial charge in [-0.2, -0.15) is 0 Å². The van der Waals surface area contributed by atoms with E-state index in [1.54, 1.807) is 18.7 Å². The minimum absolute atomic E-state index is 0.0346. The lowest BCUT2D eigenvalue weighted by Gasteiger charge is -2.30. The van der Waals surface area contributed by atoms with E-state index in [1.807, 2.05) is 31.2 Å². The van der Waals surface area contributed by atoms with Crippen LogP contribution >= 0.6 is 0 Å². The molecule has 18 heavy (non-hydrogen) atoms. The Kier molecular flexibility index (Phi) is 4.12. The van der Waals surface area contributed by atoms with Crippen LogP contribution in [0.15, 0.2) is 47.3 Å². The molecule has 4 nitrogen and oxygen atoms in total. The van der Waals surface area contributed by atoms with Crippen LogP contribution in [0.25, 0.3) is 0 Å². The first-order valence-corrected chi connectivity index (χ1v) is 6.06. The van der Waals surface area contributed by atoms with Crippen molar-refractivity contribution < 1.29 is 4.42 Å². The van der Waals surface area contributed by atoms with Gasteiger partial charge in [0.05, 0.1) is 12.8 Å². The molecular formula is C14H19N3O. The lowest BCUT2D eigenvalue weighted by Crippen LogP contribution is -2.36. The highest BCUT2D eigenvalue weighted by Crippen LogP contribution is 2.23. The van der Waals surface area contributed by atoms with Gasteiger partial charge in [0.15, 0.2) is 0 Å². The van der Waals surface area contributed by atoms with Crippen molar-refractivity contribution in [1.29, 1.82) is 0 Å². The zero-order valence-electron chi connectivity index (χ0n) is 10.8. The lowest BCUT2D eigenvalue weighted by atomic mass is 10.0. The maximum absolute atomic E-state index is 6.11. The summed E-state index contributed by atoms with van der Waals surface area (Å²) in [5, 5.41) is 0. The van der Waals surface area contributed by atoms with Crippen molar-refractivity contribution in [2.75, 3.05) is 7.05 Å². The fourth-order valence-corrected chi connectivity index (χ4v) is 2.27. The molecule has 0 aliphatic carbocycles. The summed E-state index contributed by atoms with van der Waals surface area (Å²) >= 11 is 0. The van der Waals surface area contributed by atoms with Gasteiger partial charge in [0.25, 0.3) is 0 Å². The molecule has 2 heterocycles. The van der Waals surface area contributed by atoms with Gasteiger partial charge in [-0.25, -0.2) is 0 Å². The number of likely N-dealkylation sites (N-methyl/N-ethyl adjacent to an activating group) is 1. The van der Waals surface area contributed by atoms with E-state index in [4.69, 9.17) is 10.2 Å². The summed E-state index contributed by atoms with van der Waals surface area (Å²) in [4.78, 5) is 6.24. The predicted octanol–water partition coefficient (Wildman–Crippen LogP) is 2.19. The minimum atomic E-state index is 0.0346. The molecule has 2 atom stereocenters. The Labute approximate surface area is 107 Å². The maximum atomic E-state index is 6.11. The van der Waals surface area contributed by atoms with Crippen LogP contribution in [0, 0.1) is 0 Å². The second-order valence-electron chi connectivity index (χ2n) is 4.58. The Balaban J connectivity index is 2.15. The van der Waals surface area contributed by atoms with E-state index in [1.165, 1.54) is 5.56 Å². The average molecular weight is 245 g/mol. The molecule has 0 aliphatic heterocycles. The van der Waals surface area contributed by atoms with E-state index >= 15 is 0 Å². The fourth-order valence-electron chi connectivity index (χ4n) is 2.27. The van der Waals surface area contributed by atoms with Gasteiger partial charge in [-0.05, 0) is 43.8 Å². The standard InChI is InChI=1S/C14H19N3O/c1-11(15)14(12-5-7-16-8-6-12)17(2)10-13-4-3-9-18-13/h3-9,11,14H,10,15H2,1-2H3.